The molecule has 1 fully saturated rings. The van der Waals surface area contributed by atoms with Crippen molar-refractivity contribution in [1.29, 1.82) is 0 Å². The van der Waals surface area contributed by atoms with Crippen molar-refractivity contribution in [1.82, 2.24) is 5.32 Å². The Bertz CT molecular complexity index is 145. The molecule has 1 rings (SSSR count). The summed E-state index contributed by atoms with van der Waals surface area (Å²) in [5.74, 6) is -3.03. The van der Waals surface area contributed by atoms with Gasteiger partial charge in [0.25, 0.3) is 5.92 Å². The third-order valence-corrected chi connectivity index (χ3v) is 2.38. The summed E-state index contributed by atoms with van der Waals surface area (Å²) >= 11 is 0. The molecule has 0 spiro atoms. The molecule has 1 saturated heterocycles. The molecule has 11 heavy (non-hydrogen) atoms. The van der Waals surface area contributed by atoms with Gasteiger partial charge in [0, 0.05) is 12.5 Å². The van der Waals surface area contributed by atoms with Crippen molar-refractivity contribution in [3.05, 3.63) is 0 Å². The molecule has 0 aromatic heterocycles. The Hall–Kier alpha value is -0.180. The molecule has 0 aromatic carbocycles. The number of alkyl halides is 2. The van der Waals surface area contributed by atoms with Gasteiger partial charge in [0.05, 0.1) is 6.04 Å². The monoisotopic (exact) mass is 163 g/mol. The van der Waals surface area contributed by atoms with E-state index in [0.29, 0.717) is 6.54 Å². The first-order valence-corrected chi connectivity index (χ1v) is 4.07. The zero-order valence-electron chi connectivity index (χ0n) is 7.20. The van der Waals surface area contributed by atoms with E-state index in [2.05, 4.69) is 5.32 Å². The van der Waals surface area contributed by atoms with Gasteiger partial charge in [0.1, 0.15) is 0 Å². The van der Waals surface area contributed by atoms with Crippen molar-refractivity contribution < 1.29 is 8.78 Å². The van der Waals surface area contributed by atoms with Crippen molar-refractivity contribution in [3.63, 3.8) is 0 Å². The second-order valence-corrected chi connectivity index (χ2v) is 3.71. The average molecular weight is 163 g/mol. The lowest BCUT2D eigenvalue weighted by Crippen LogP contribution is -2.41. The van der Waals surface area contributed by atoms with Gasteiger partial charge in [-0.1, -0.05) is 20.8 Å². The highest BCUT2D eigenvalue weighted by atomic mass is 19.3. The summed E-state index contributed by atoms with van der Waals surface area (Å²) in [4.78, 5) is 0. The molecule has 1 N–H and O–H groups in total. The Morgan fingerprint density at radius 3 is 2.18 bits per heavy atom. The molecule has 0 unspecified atom stereocenters. The number of nitrogens with one attached hydrogen (secondary N) is 1. The van der Waals surface area contributed by atoms with Crippen LogP contribution in [0.15, 0.2) is 0 Å². The van der Waals surface area contributed by atoms with Crippen LogP contribution >= 0.6 is 0 Å². The van der Waals surface area contributed by atoms with Crippen LogP contribution < -0.4 is 5.32 Å². The van der Waals surface area contributed by atoms with Gasteiger partial charge in [-0.15, -0.1) is 0 Å². The van der Waals surface area contributed by atoms with E-state index in [1.807, 2.05) is 13.8 Å². The summed E-state index contributed by atoms with van der Waals surface area (Å²) < 4.78 is 26.4. The van der Waals surface area contributed by atoms with Crippen LogP contribution in [-0.2, 0) is 0 Å². The quantitative estimate of drug-likeness (QED) is 0.622. The van der Waals surface area contributed by atoms with E-state index in [0.717, 1.165) is 0 Å². The first-order chi connectivity index (χ1) is 4.96. The van der Waals surface area contributed by atoms with E-state index in [1.165, 1.54) is 0 Å². The van der Waals surface area contributed by atoms with Gasteiger partial charge in [0.15, 0.2) is 0 Å². The number of hydrogen-bond donors (Lipinski definition) is 1. The van der Waals surface area contributed by atoms with Crippen molar-refractivity contribution in [2.75, 3.05) is 6.54 Å². The van der Waals surface area contributed by atoms with Crippen LogP contribution in [0.4, 0.5) is 8.78 Å². The highest BCUT2D eigenvalue weighted by molar-refractivity contribution is 4.96. The minimum Gasteiger partial charge on any atom is -0.308 e. The molecule has 0 radical (unpaired) electrons. The summed E-state index contributed by atoms with van der Waals surface area (Å²) in [6.45, 7) is 5.68. The van der Waals surface area contributed by atoms with E-state index in [-0.39, 0.29) is 5.92 Å². The Labute approximate surface area is 66.2 Å². The van der Waals surface area contributed by atoms with Gasteiger partial charge in [-0.2, -0.15) is 0 Å². The van der Waals surface area contributed by atoms with Crippen molar-refractivity contribution >= 4 is 0 Å². The number of hydrogen-bond acceptors (Lipinski definition) is 1. The molecule has 1 heterocycles. The van der Waals surface area contributed by atoms with Gasteiger partial charge in [-0.05, 0) is 5.92 Å². The molecular weight excluding hydrogens is 148 g/mol. The van der Waals surface area contributed by atoms with Crippen LogP contribution in [0.1, 0.15) is 20.8 Å². The summed E-state index contributed by atoms with van der Waals surface area (Å²) in [6.07, 6.45) is 0. The van der Waals surface area contributed by atoms with E-state index in [9.17, 15) is 8.78 Å². The maximum atomic E-state index is 13.2. The molecule has 0 aromatic rings. The molecule has 0 aliphatic carbocycles. The average Bonchev–Trinajstić information content (AvgIpc) is 2.08. The van der Waals surface area contributed by atoms with E-state index in [4.69, 9.17) is 0 Å². The third kappa shape index (κ3) is 1.39. The van der Waals surface area contributed by atoms with E-state index >= 15 is 0 Å². The van der Waals surface area contributed by atoms with Crippen molar-refractivity contribution in [3.8, 4) is 0 Å². The maximum absolute atomic E-state index is 13.2. The number of halogens is 2. The topological polar surface area (TPSA) is 12.0 Å². The smallest absolute Gasteiger partial charge is 0.267 e. The van der Waals surface area contributed by atoms with Crippen LogP contribution in [0.2, 0.25) is 0 Å². The Morgan fingerprint density at radius 1 is 1.45 bits per heavy atom. The van der Waals surface area contributed by atoms with Crippen molar-refractivity contribution in [2.24, 2.45) is 11.8 Å². The molecule has 66 valence electrons. The zero-order valence-corrected chi connectivity index (χ0v) is 7.20. The normalized spacial score (nSPS) is 36.5. The molecule has 0 saturated carbocycles. The van der Waals surface area contributed by atoms with Gasteiger partial charge in [-0.25, -0.2) is 8.78 Å². The Kier molecular flexibility index (Phi) is 2.19. The minimum absolute atomic E-state index is 0.00921. The predicted octanol–water partition coefficient (Wildman–Crippen LogP) is 1.89. The Morgan fingerprint density at radius 2 is 2.00 bits per heavy atom. The lowest BCUT2D eigenvalue weighted by Gasteiger charge is -2.24. The minimum atomic E-state index is -2.52. The molecular formula is C8H15F2N. The maximum Gasteiger partial charge on any atom is 0.267 e. The van der Waals surface area contributed by atoms with Crippen LogP contribution in [0.3, 0.4) is 0 Å². The fraction of sp³-hybridized carbons (Fsp3) is 1.00. The second-order valence-electron chi connectivity index (χ2n) is 3.71. The summed E-state index contributed by atoms with van der Waals surface area (Å²) in [7, 11) is 0. The highest BCUT2D eigenvalue weighted by Gasteiger charge is 2.50. The van der Waals surface area contributed by atoms with Gasteiger partial charge in [0.2, 0.25) is 0 Å². The Balaban J connectivity index is 2.70. The van der Waals surface area contributed by atoms with Gasteiger partial charge < -0.3 is 5.32 Å². The van der Waals surface area contributed by atoms with Gasteiger partial charge in [-0.3, -0.25) is 0 Å². The first-order valence-electron chi connectivity index (χ1n) is 4.07. The van der Waals surface area contributed by atoms with Crippen LogP contribution in [0, 0.1) is 11.8 Å². The number of rotatable bonds is 1. The van der Waals surface area contributed by atoms with Crippen LogP contribution in [0.25, 0.3) is 0 Å². The molecule has 1 nitrogen and oxygen atoms in total. The fourth-order valence-electron chi connectivity index (χ4n) is 1.56. The first kappa shape index (κ1) is 8.91. The van der Waals surface area contributed by atoms with Crippen LogP contribution in [-0.4, -0.2) is 18.5 Å². The van der Waals surface area contributed by atoms with Crippen LogP contribution in [0.5, 0.6) is 0 Å². The molecule has 1 aliphatic heterocycles. The predicted molar refractivity (Wildman–Crippen MR) is 40.7 cm³/mol. The highest BCUT2D eigenvalue weighted by Crippen LogP contribution is 2.35. The SMILES string of the molecule is CC(C)[C@H]1NC[C@H](C)C1(F)F. The zero-order chi connectivity index (χ0) is 8.65. The van der Waals surface area contributed by atoms with E-state index < -0.39 is 17.9 Å². The standard InChI is InChI=1S/C8H15F2N/c1-5(2)7-8(9,10)6(3)4-11-7/h5-7,11H,4H2,1-3H3/t6-,7+/m0/s1. The van der Waals surface area contributed by atoms with E-state index in [1.54, 1.807) is 6.92 Å². The van der Waals surface area contributed by atoms with Gasteiger partial charge >= 0.3 is 0 Å². The lowest BCUT2D eigenvalue weighted by atomic mass is 9.95. The van der Waals surface area contributed by atoms with Crippen molar-refractivity contribution in [2.45, 2.75) is 32.7 Å². The molecule has 0 bridgehead atoms. The molecule has 1 aliphatic rings. The summed E-state index contributed by atoms with van der Waals surface area (Å²) in [5, 5.41) is 2.85. The fourth-order valence-corrected chi connectivity index (χ4v) is 1.56. The summed E-state index contributed by atoms with van der Waals surface area (Å²) in [6, 6.07) is -0.627. The molecule has 3 heteroatoms. The summed E-state index contributed by atoms with van der Waals surface area (Å²) in [5.41, 5.74) is 0. The second kappa shape index (κ2) is 2.70. The molecule has 0 amide bonds. The third-order valence-electron chi connectivity index (χ3n) is 2.38. The lowest BCUT2D eigenvalue weighted by molar-refractivity contribution is -0.0563. The largest absolute Gasteiger partial charge is 0.308 e. The molecule has 2 atom stereocenters.